The third kappa shape index (κ3) is 3.91. The summed E-state index contributed by atoms with van der Waals surface area (Å²) in [6, 6.07) is 13.8. The summed E-state index contributed by atoms with van der Waals surface area (Å²) < 4.78 is 1.85. The number of benzene rings is 1. The van der Waals surface area contributed by atoms with Crippen LogP contribution in [0.25, 0.3) is 11.7 Å². The van der Waals surface area contributed by atoms with Crippen LogP contribution < -0.4 is 5.32 Å². The predicted octanol–water partition coefficient (Wildman–Crippen LogP) is 4.58. The van der Waals surface area contributed by atoms with E-state index in [0.717, 1.165) is 17.6 Å². The van der Waals surface area contributed by atoms with Gasteiger partial charge < -0.3 is 5.32 Å². The highest BCUT2D eigenvalue weighted by Crippen LogP contribution is 2.20. The molecule has 0 aliphatic carbocycles. The number of fused-ring (bicyclic) bond motifs is 1. The number of nitrogens with one attached hydrogen (secondary N) is 1. The van der Waals surface area contributed by atoms with Crippen molar-refractivity contribution in [1.82, 2.24) is 14.7 Å². The number of carbonyl (C=O) groups is 1. The van der Waals surface area contributed by atoms with Crippen molar-refractivity contribution in [2.24, 2.45) is 0 Å². The van der Waals surface area contributed by atoms with E-state index in [1.54, 1.807) is 6.08 Å². The van der Waals surface area contributed by atoms with E-state index in [2.05, 4.69) is 41.5 Å². The lowest BCUT2D eigenvalue weighted by Crippen LogP contribution is -2.26. The Morgan fingerprint density at radius 3 is 2.76 bits per heavy atom. The third-order valence-corrected chi connectivity index (χ3v) is 4.40. The van der Waals surface area contributed by atoms with Crippen LogP contribution in [0, 0.1) is 6.92 Å². The summed E-state index contributed by atoms with van der Waals surface area (Å²) in [6.45, 7) is 4.10. The van der Waals surface area contributed by atoms with E-state index in [4.69, 9.17) is 11.6 Å². The van der Waals surface area contributed by atoms with Crippen LogP contribution in [0.2, 0.25) is 5.15 Å². The van der Waals surface area contributed by atoms with Crippen LogP contribution in [0.15, 0.2) is 54.7 Å². The number of imidazole rings is 1. The molecule has 5 heteroatoms. The number of halogens is 1. The minimum Gasteiger partial charge on any atom is -0.346 e. The van der Waals surface area contributed by atoms with Gasteiger partial charge in [0.1, 0.15) is 5.65 Å². The molecule has 0 bridgehead atoms. The molecule has 0 saturated carbocycles. The topological polar surface area (TPSA) is 46.4 Å². The molecule has 0 spiro atoms. The van der Waals surface area contributed by atoms with E-state index >= 15 is 0 Å². The number of nitrogens with zero attached hydrogens (tertiary/aromatic N) is 2. The lowest BCUT2D eigenvalue weighted by Gasteiger charge is -2.16. The first-order chi connectivity index (χ1) is 12.1. The number of hydrogen-bond acceptors (Lipinski definition) is 2. The number of amides is 1. The van der Waals surface area contributed by atoms with Crippen LogP contribution in [0.5, 0.6) is 0 Å². The first-order valence-electron chi connectivity index (χ1n) is 8.26. The van der Waals surface area contributed by atoms with Gasteiger partial charge in [0, 0.05) is 12.3 Å². The van der Waals surface area contributed by atoms with Gasteiger partial charge >= 0.3 is 0 Å². The molecule has 0 fully saturated rings. The number of rotatable bonds is 5. The highest BCUT2D eigenvalue weighted by atomic mass is 35.5. The second kappa shape index (κ2) is 7.53. The minimum atomic E-state index is -0.158. The van der Waals surface area contributed by atoms with Gasteiger partial charge in [0.15, 0.2) is 5.15 Å². The van der Waals surface area contributed by atoms with E-state index in [0.29, 0.717) is 10.8 Å². The Hall–Kier alpha value is -2.59. The maximum atomic E-state index is 12.3. The smallest absolute Gasteiger partial charge is 0.244 e. The Bertz CT molecular complexity index is 912. The molecule has 3 rings (SSSR count). The van der Waals surface area contributed by atoms with Crippen molar-refractivity contribution >= 4 is 29.2 Å². The molecule has 1 amide bonds. The molecular formula is C20H20ClN3O. The molecule has 1 N–H and O–H groups in total. The number of pyridine rings is 1. The molecule has 25 heavy (non-hydrogen) atoms. The summed E-state index contributed by atoms with van der Waals surface area (Å²) in [7, 11) is 0. The van der Waals surface area contributed by atoms with Gasteiger partial charge in [-0.05, 0) is 37.1 Å². The summed E-state index contributed by atoms with van der Waals surface area (Å²) in [4.78, 5) is 16.6. The number of hydrogen-bond donors (Lipinski definition) is 1. The zero-order valence-electron chi connectivity index (χ0n) is 14.2. The highest BCUT2D eigenvalue weighted by Gasteiger charge is 2.12. The van der Waals surface area contributed by atoms with Gasteiger partial charge in [0.05, 0.1) is 11.7 Å². The fourth-order valence-electron chi connectivity index (χ4n) is 2.73. The Morgan fingerprint density at radius 1 is 1.28 bits per heavy atom. The first-order valence-corrected chi connectivity index (χ1v) is 8.64. The van der Waals surface area contributed by atoms with Crippen LogP contribution in [-0.4, -0.2) is 15.3 Å². The Kier molecular flexibility index (Phi) is 5.19. The second-order valence-corrected chi connectivity index (χ2v) is 6.29. The molecular weight excluding hydrogens is 334 g/mol. The fraction of sp³-hybridized carbons (Fsp3) is 0.200. The molecule has 0 saturated heterocycles. The molecule has 0 aliphatic rings. The summed E-state index contributed by atoms with van der Waals surface area (Å²) in [5, 5.41) is 3.41. The van der Waals surface area contributed by atoms with Crippen molar-refractivity contribution in [3.8, 4) is 0 Å². The maximum absolute atomic E-state index is 12.3. The van der Waals surface area contributed by atoms with Gasteiger partial charge in [0.2, 0.25) is 5.91 Å². The van der Waals surface area contributed by atoms with E-state index in [9.17, 15) is 4.79 Å². The van der Waals surface area contributed by atoms with Crippen LogP contribution in [-0.2, 0) is 4.79 Å². The lowest BCUT2D eigenvalue weighted by atomic mass is 10.0. The van der Waals surface area contributed by atoms with Crippen molar-refractivity contribution in [3.05, 3.63) is 76.7 Å². The standard InChI is InChI=1S/C20H20ClN3O/c1-3-16(15-9-7-14(2)8-10-15)22-19(25)12-11-17-20(21)23-18-6-4-5-13-24(17)18/h4-13,16H,3H2,1-2H3,(H,22,25)/b12-11+. The van der Waals surface area contributed by atoms with Crippen molar-refractivity contribution in [2.45, 2.75) is 26.3 Å². The predicted molar refractivity (Wildman–Crippen MR) is 102 cm³/mol. The monoisotopic (exact) mass is 353 g/mol. The number of aryl methyl sites for hydroxylation is 1. The molecule has 2 heterocycles. The second-order valence-electron chi connectivity index (χ2n) is 5.93. The molecule has 0 aliphatic heterocycles. The van der Waals surface area contributed by atoms with Crippen molar-refractivity contribution < 1.29 is 4.79 Å². The summed E-state index contributed by atoms with van der Waals surface area (Å²) in [6.07, 6.45) is 5.88. The Balaban J connectivity index is 1.75. The zero-order valence-corrected chi connectivity index (χ0v) is 15.0. The summed E-state index contributed by atoms with van der Waals surface area (Å²) in [5.41, 5.74) is 3.74. The zero-order chi connectivity index (χ0) is 17.8. The molecule has 4 nitrogen and oxygen atoms in total. The van der Waals surface area contributed by atoms with Gasteiger partial charge in [-0.15, -0.1) is 0 Å². The van der Waals surface area contributed by atoms with Crippen molar-refractivity contribution in [2.75, 3.05) is 0 Å². The van der Waals surface area contributed by atoms with Gasteiger partial charge in [-0.25, -0.2) is 4.98 Å². The van der Waals surface area contributed by atoms with Crippen molar-refractivity contribution in [3.63, 3.8) is 0 Å². The normalized spacial score (nSPS) is 12.6. The molecule has 1 aromatic carbocycles. The highest BCUT2D eigenvalue weighted by molar-refractivity contribution is 6.31. The first kappa shape index (κ1) is 17.2. The lowest BCUT2D eigenvalue weighted by molar-refractivity contribution is -0.117. The Labute approximate surface area is 152 Å². The van der Waals surface area contributed by atoms with E-state index in [1.165, 1.54) is 11.6 Å². The van der Waals surface area contributed by atoms with E-state index in [1.807, 2.05) is 35.7 Å². The van der Waals surface area contributed by atoms with Gasteiger partial charge in [-0.1, -0.05) is 54.4 Å². The molecule has 2 aromatic heterocycles. The summed E-state index contributed by atoms with van der Waals surface area (Å²) in [5.74, 6) is -0.158. The Morgan fingerprint density at radius 2 is 2.04 bits per heavy atom. The average molecular weight is 354 g/mol. The molecule has 1 unspecified atom stereocenters. The minimum absolute atomic E-state index is 0.0181. The average Bonchev–Trinajstić information content (AvgIpc) is 2.94. The van der Waals surface area contributed by atoms with Crippen molar-refractivity contribution in [1.29, 1.82) is 0 Å². The maximum Gasteiger partial charge on any atom is 0.244 e. The molecule has 128 valence electrons. The molecule has 3 aromatic rings. The van der Waals surface area contributed by atoms with Gasteiger partial charge in [-0.2, -0.15) is 0 Å². The quantitative estimate of drug-likeness (QED) is 0.682. The van der Waals surface area contributed by atoms with Crippen LogP contribution in [0.1, 0.15) is 36.2 Å². The fourth-order valence-corrected chi connectivity index (χ4v) is 2.97. The summed E-state index contributed by atoms with van der Waals surface area (Å²) >= 11 is 6.18. The van der Waals surface area contributed by atoms with Gasteiger partial charge in [-0.3, -0.25) is 9.20 Å². The number of carbonyl (C=O) groups excluding carboxylic acids is 1. The van der Waals surface area contributed by atoms with E-state index in [-0.39, 0.29) is 11.9 Å². The molecule has 0 radical (unpaired) electrons. The van der Waals surface area contributed by atoms with Gasteiger partial charge in [0.25, 0.3) is 0 Å². The molecule has 1 atom stereocenters. The third-order valence-electron chi connectivity index (χ3n) is 4.12. The van der Waals surface area contributed by atoms with Crippen LogP contribution in [0.3, 0.4) is 0 Å². The number of aromatic nitrogens is 2. The SMILES string of the molecule is CCC(NC(=O)/C=C/c1c(Cl)nc2ccccn12)c1ccc(C)cc1. The van der Waals surface area contributed by atoms with Crippen LogP contribution in [0.4, 0.5) is 0 Å². The van der Waals surface area contributed by atoms with Crippen LogP contribution >= 0.6 is 11.6 Å². The van der Waals surface area contributed by atoms with E-state index < -0.39 is 0 Å². The largest absolute Gasteiger partial charge is 0.346 e.